The number of aromatic nitrogens is 4. The number of hydrogen-bond donors (Lipinski definition) is 3. The van der Waals surface area contributed by atoms with Crippen molar-refractivity contribution in [1.82, 2.24) is 34.6 Å². The number of imide groups is 1. The predicted octanol–water partition coefficient (Wildman–Crippen LogP) is 7.05. The van der Waals surface area contributed by atoms with Gasteiger partial charge < -0.3 is 20.4 Å². The standard InChI is InChI=1S/C42H45BrN10O3/c1-50(24-27-21-26-25-52(40(56)33(26)22-34(27)43)36-15-16-37(54)48-39(36)55)30-17-19-51(20-18-30)31-13-11-29(12-14-31)45-41-44-23-35-38(49-41)53(32-9-5-6-10-32)42(47-35)46-28-7-3-2-4-8-28/h2-4,7-8,11-14,21-23,30,32,36H,5-6,9-10,15-20,24-25H2,1H3,(H,46,47)(H,44,45,49)(H,48,54,55). The van der Waals surface area contributed by atoms with Gasteiger partial charge in [-0.3, -0.25) is 29.2 Å². The van der Waals surface area contributed by atoms with Gasteiger partial charge in [0.15, 0.2) is 5.65 Å². The number of anilines is 5. The van der Waals surface area contributed by atoms with Crippen molar-refractivity contribution in [1.29, 1.82) is 0 Å². The summed E-state index contributed by atoms with van der Waals surface area (Å²) >= 11 is 3.72. The Kier molecular flexibility index (Phi) is 9.92. The second-order valence-electron chi connectivity index (χ2n) is 15.4. The van der Waals surface area contributed by atoms with Crippen molar-refractivity contribution in [3.05, 3.63) is 94.1 Å². The lowest BCUT2D eigenvalue weighted by molar-refractivity contribution is -0.136. The molecule has 1 aliphatic carbocycles. The van der Waals surface area contributed by atoms with Crippen molar-refractivity contribution in [3.63, 3.8) is 0 Å². The third kappa shape index (κ3) is 7.23. The van der Waals surface area contributed by atoms with Crippen LogP contribution in [0, 0.1) is 0 Å². The van der Waals surface area contributed by atoms with Gasteiger partial charge in [0, 0.05) is 71.8 Å². The van der Waals surface area contributed by atoms with Crippen LogP contribution in [0.4, 0.5) is 29.0 Å². The van der Waals surface area contributed by atoms with Crippen LogP contribution in [0.1, 0.15) is 78.9 Å². The van der Waals surface area contributed by atoms with E-state index in [0.717, 1.165) is 89.4 Å². The molecule has 1 saturated carbocycles. The zero-order chi connectivity index (χ0) is 38.3. The van der Waals surface area contributed by atoms with Gasteiger partial charge in [0.25, 0.3) is 5.91 Å². The summed E-state index contributed by atoms with van der Waals surface area (Å²) in [5.41, 5.74) is 7.39. The molecule has 4 aliphatic rings. The quantitative estimate of drug-likeness (QED) is 0.126. The first-order valence-corrected chi connectivity index (χ1v) is 20.4. The molecule has 5 aromatic rings. The summed E-state index contributed by atoms with van der Waals surface area (Å²) in [5, 5.41) is 9.32. The molecule has 288 valence electrons. The van der Waals surface area contributed by atoms with E-state index in [2.05, 4.69) is 88.6 Å². The maximum absolute atomic E-state index is 13.3. The van der Waals surface area contributed by atoms with Crippen LogP contribution in [-0.4, -0.2) is 79.3 Å². The van der Waals surface area contributed by atoms with E-state index in [1.807, 2.05) is 42.6 Å². The zero-order valence-corrected chi connectivity index (χ0v) is 33.0. The van der Waals surface area contributed by atoms with Gasteiger partial charge >= 0.3 is 0 Å². The van der Waals surface area contributed by atoms with Crippen LogP contribution in [-0.2, 0) is 22.7 Å². The number of piperidine rings is 2. The highest BCUT2D eigenvalue weighted by Gasteiger charge is 2.39. The Morgan fingerprint density at radius 1 is 0.893 bits per heavy atom. The third-order valence-electron chi connectivity index (χ3n) is 11.8. The fraction of sp³-hybridized carbons (Fsp3) is 0.381. The largest absolute Gasteiger partial charge is 0.371 e. The molecule has 14 heteroatoms. The number of carbonyl (C=O) groups is 3. The molecule has 9 rings (SSSR count). The van der Waals surface area contributed by atoms with Crippen LogP contribution >= 0.6 is 15.9 Å². The highest BCUT2D eigenvalue weighted by Crippen LogP contribution is 2.37. The van der Waals surface area contributed by atoms with E-state index in [0.29, 0.717) is 36.6 Å². The first kappa shape index (κ1) is 36.3. The summed E-state index contributed by atoms with van der Waals surface area (Å²) in [4.78, 5) is 58.4. The van der Waals surface area contributed by atoms with E-state index in [9.17, 15) is 14.4 Å². The summed E-state index contributed by atoms with van der Waals surface area (Å²) in [7, 11) is 2.17. The van der Waals surface area contributed by atoms with Crippen molar-refractivity contribution >= 4 is 73.8 Å². The zero-order valence-electron chi connectivity index (χ0n) is 31.4. The van der Waals surface area contributed by atoms with Gasteiger partial charge in [-0.1, -0.05) is 53.0 Å². The number of nitrogens with zero attached hydrogens (tertiary/aromatic N) is 7. The lowest BCUT2D eigenvalue weighted by Crippen LogP contribution is -2.52. The van der Waals surface area contributed by atoms with Crippen molar-refractivity contribution < 1.29 is 14.4 Å². The Hall–Kier alpha value is -5.34. The highest BCUT2D eigenvalue weighted by molar-refractivity contribution is 9.10. The van der Waals surface area contributed by atoms with Gasteiger partial charge in [-0.25, -0.2) is 9.97 Å². The van der Waals surface area contributed by atoms with Gasteiger partial charge in [-0.05, 0) is 92.7 Å². The molecule has 2 aromatic heterocycles. The van der Waals surface area contributed by atoms with Crippen molar-refractivity contribution in [2.24, 2.45) is 0 Å². The molecular formula is C42H45BrN10O3. The molecule has 5 heterocycles. The Balaban J connectivity index is 0.815. The van der Waals surface area contributed by atoms with Crippen LogP contribution in [0.15, 0.2) is 77.4 Å². The Morgan fingerprint density at radius 3 is 2.39 bits per heavy atom. The lowest BCUT2D eigenvalue weighted by atomic mass is 10.0. The number of amides is 3. The van der Waals surface area contributed by atoms with E-state index in [-0.39, 0.29) is 18.2 Å². The highest BCUT2D eigenvalue weighted by atomic mass is 79.9. The average molecular weight is 818 g/mol. The first-order chi connectivity index (χ1) is 27.3. The van der Waals surface area contributed by atoms with E-state index >= 15 is 0 Å². The Morgan fingerprint density at radius 2 is 1.64 bits per heavy atom. The molecule has 2 saturated heterocycles. The number of fused-ring (bicyclic) bond motifs is 2. The van der Waals surface area contributed by atoms with E-state index in [1.54, 1.807) is 4.90 Å². The number of imidazole rings is 1. The molecule has 13 nitrogen and oxygen atoms in total. The molecule has 0 radical (unpaired) electrons. The van der Waals surface area contributed by atoms with Crippen molar-refractivity contribution in [2.45, 2.75) is 82.6 Å². The average Bonchev–Trinajstić information content (AvgIpc) is 3.93. The van der Waals surface area contributed by atoms with Gasteiger partial charge in [-0.15, -0.1) is 0 Å². The van der Waals surface area contributed by atoms with Crippen molar-refractivity contribution in [3.8, 4) is 0 Å². The third-order valence-corrected chi connectivity index (χ3v) is 12.6. The minimum absolute atomic E-state index is 0.158. The molecule has 3 fully saturated rings. The van der Waals surface area contributed by atoms with Crippen LogP contribution in [0.5, 0.6) is 0 Å². The first-order valence-electron chi connectivity index (χ1n) is 19.6. The van der Waals surface area contributed by atoms with Gasteiger partial charge in [0.2, 0.25) is 23.7 Å². The van der Waals surface area contributed by atoms with Crippen LogP contribution in [0.3, 0.4) is 0 Å². The predicted molar refractivity (Wildman–Crippen MR) is 219 cm³/mol. The number of nitrogens with one attached hydrogen (secondary N) is 3. The molecule has 0 spiro atoms. The normalized spacial score (nSPS) is 19.3. The van der Waals surface area contributed by atoms with Crippen LogP contribution in [0.2, 0.25) is 0 Å². The second-order valence-corrected chi connectivity index (χ2v) is 16.3. The van der Waals surface area contributed by atoms with Crippen LogP contribution in [0.25, 0.3) is 11.2 Å². The number of carbonyl (C=O) groups excluding carboxylic acids is 3. The number of rotatable bonds is 10. The summed E-state index contributed by atoms with van der Waals surface area (Å²) in [6.07, 6.45) is 9.11. The fourth-order valence-corrected chi connectivity index (χ4v) is 9.28. The molecule has 1 atom stereocenters. The van der Waals surface area contributed by atoms with E-state index in [1.165, 1.54) is 18.5 Å². The van der Waals surface area contributed by atoms with Crippen molar-refractivity contribution in [2.75, 3.05) is 35.7 Å². The minimum atomic E-state index is -0.617. The topological polar surface area (TPSA) is 141 Å². The van der Waals surface area contributed by atoms with Gasteiger partial charge in [0.05, 0.1) is 6.20 Å². The number of para-hydroxylation sites is 1. The smallest absolute Gasteiger partial charge is 0.255 e. The Labute approximate surface area is 334 Å². The summed E-state index contributed by atoms with van der Waals surface area (Å²) < 4.78 is 3.15. The second kappa shape index (κ2) is 15.3. The van der Waals surface area contributed by atoms with E-state index in [4.69, 9.17) is 9.97 Å². The number of hydrogen-bond acceptors (Lipinski definition) is 10. The number of benzene rings is 3. The minimum Gasteiger partial charge on any atom is -0.371 e. The molecule has 3 aliphatic heterocycles. The van der Waals surface area contributed by atoms with Gasteiger partial charge in [0.1, 0.15) is 11.6 Å². The molecule has 0 bridgehead atoms. The maximum Gasteiger partial charge on any atom is 0.255 e. The van der Waals surface area contributed by atoms with Gasteiger partial charge in [-0.2, -0.15) is 4.98 Å². The van der Waals surface area contributed by atoms with Crippen LogP contribution < -0.4 is 20.9 Å². The summed E-state index contributed by atoms with van der Waals surface area (Å²) in [6.45, 7) is 3.02. The Bertz CT molecular complexity index is 2280. The molecule has 56 heavy (non-hydrogen) atoms. The molecule has 3 N–H and O–H groups in total. The monoisotopic (exact) mass is 816 g/mol. The van der Waals surface area contributed by atoms with E-state index < -0.39 is 11.9 Å². The SMILES string of the molecule is CN(Cc1cc2c(cc1Br)C(=O)N(C1CCC(=O)NC1=O)C2)C1CCN(c2ccc(Nc3ncc4nc(Nc5ccccc5)n(C5CCCC5)c4n3)cc2)CC1. The molecule has 3 aromatic carbocycles. The molecule has 1 unspecified atom stereocenters. The molecular weight excluding hydrogens is 772 g/mol. The molecule has 3 amide bonds. The summed E-state index contributed by atoms with van der Waals surface area (Å²) in [5.74, 6) is 0.522. The lowest BCUT2D eigenvalue weighted by Gasteiger charge is -2.38. The fourth-order valence-electron chi connectivity index (χ4n) is 8.81. The maximum atomic E-state index is 13.3. The summed E-state index contributed by atoms with van der Waals surface area (Å²) in [6, 6.07) is 22.8. The number of halogens is 1.